The lowest BCUT2D eigenvalue weighted by molar-refractivity contribution is -0.116. The molecule has 0 fully saturated rings. The lowest BCUT2D eigenvalue weighted by Crippen LogP contribution is -2.31. The summed E-state index contributed by atoms with van der Waals surface area (Å²) < 4.78 is 1.69. The highest BCUT2D eigenvalue weighted by molar-refractivity contribution is 6.35. The monoisotopic (exact) mass is 426 g/mol. The molecule has 0 saturated carbocycles. The minimum Gasteiger partial charge on any atom is -0.508 e. The van der Waals surface area contributed by atoms with E-state index < -0.39 is 6.04 Å². The van der Waals surface area contributed by atoms with Crippen molar-refractivity contribution in [3.63, 3.8) is 0 Å². The van der Waals surface area contributed by atoms with Gasteiger partial charge in [-0.15, -0.1) is 5.10 Å². The predicted octanol–water partition coefficient (Wildman–Crippen LogP) is 4.98. The number of nitrogens with zero attached hydrogens (tertiary/aromatic N) is 3. The Morgan fingerprint density at radius 2 is 2.00 bits per heavy atom. The Morgan fingerprint density at radius 1 is 1.14 bits per heavy atom. The summed E-state index contributed by atoms with van der Waals surface area (Å²) in [6.07, 6.45) is 2.04. The van der Waals surface area contributed by atoms with E-state index in [-0.39, 0.29) is 11.5 Å². The van der Waals surface area contributed by atoms with Gasteiger partial charge in [-0.1, -0.05) is 41.4 Å². The maximum absolute atomic E-state index is 12.9. The van der Waals surface area contributed by atoms with Gasteiger partial charge in [-0.3, -0.25) is 4.79 Å². The van der Waals surface area contributed by atoms with Crippen molar-refractivity contribution in [2.45, 2.75) is 25.3 Å². The first kappa shape index (κ1) is 18.2. The molecule has 2 heterocycles. The van der Waals surface area contributed by atoms with Gasteiger partial charge >= 0.3 is 0 Å². The molecule has 146 valence electrons. The summed E-state index contributed by atoms with van der Waals surface area (Å²) >= 11 is 12.6. The maximum Gasteiger partial charge on any atom is 0.226 e. The third-order valence-corrected chi connectivity index (χ3v) is 5.79. The summed E-state index contributed by atoms with van der Waals surface area (Å²) in [5.41, 5.74) is 2.95. The lowest BCUT2D eigenvalue weighted by atomic mass is 9.85. The van der Waals surface area contributed by atoms with Crippen LogP contribution in [-0.2, 0) is 4.79 Å². The van der Waals surface area contributed by atoms with Crippen LogP contribution in [0.3, 0.4) is 0 Å². The van der Waals surface area contributed by atoms with Crippen molar-refractivity contribution < 1.29 is 9.90 Å². The number of carbonyl (C=O) groups is 1. The van der Waals surface area contributed by atoms with Gasteiger partial charge in [0.1, 0.15) is 11.8 Å². The van der Waals surface area contributed by atoms with Crippen LogP contribution in [0.2, 0.25) is 10.0 Å². The number of ketones is 1. The molecule has 1 aliphatic carbocycles. The first-order chi connectivity index (χ1) is 14.0. The molecule has 1 atom stereocenters. The number of carbonyl (C=O) groups excluding carboxylic acids is 1. The van der Waals surface area contributed by atoms with Gasteiger partial charge in [0, 0.05) is 38.9 Å². The zero-order valence-corrected chi connectivity index (χ0v) is 16.7. The van der Waals surface area contributed by atoms with E-state index in [2.05, 4.69) is 15.4 Å². The number of phenols is 1. The molecule has 2 aromatic carbocycles. The standard InChI is InChI=1S/C21H16Cl2N4O2/c22-12-7-8-14(15(23)10-12)19-18-16(5-2-6-17(18)29)24-21-25-20(26-27(19)21)11-3-1-4-13(28)9-11/h1,3-4,7-10,19,28H,2,5-6H2,(H,24,25,26). The number of halogens is 2. The molecule has 1 unspecified atom stereocenters. The zero-order valence-electron chi connectivity index (χ0n) is 15.2. The van der Waals surface area contributed by atoms with Crippen molar-refractivity contribution in [3.8, 4) is 17.1 Å². The molecular formula is C21H16Cl2N4O2. The molecule has 8 heteroatoms. The van der Waals surface area contributed by atoms with Crippen molar-refractivity contribution in [2.75, 3.05) is 5.32 Å². The Morgan fingerprint density at radius 3 is 2.79 bits per heavy atom. The maximum atomic E-state index is 12.9. The number of Topliss-reactive ketones (excluding diaryl/α,β-unsaturated/α-hetero) is 1. The van der Waals surface area contributed by atoms with Gasteiger partial charge in [0.05, 0.1) is 0 Å². The average molecular weight is 427 g/mol. The van der Waals surface area contributed by atoms with Gasteiger partial charge in [0.15, 0.2) is 11.6 Å². The number of hydrogen-bond donors (Lipinski definition) is 2. The average Bonchev–Trinajstić information content (AvgIpc) is 3.11. The van der Waals surface area contributed by atoms with Crippen molar-refractivity contribution in [1.29, 1.82) is 0 Å². The number of nitrogens with one attached hydrogen (secondary N) is 1. The first-order valence-electron chi connectivity index (χ1n) is 9.25. The molecule has 2 aliphatic rings. The molecule has 0 spiro atoms. The lowest BCUT2D eigenvalue weighted by Gasteiger charge is -2.32. The van der Waals surface area contributed by atoms with Gasteiger partial charge in [-0.05, 0) is 37.1 Å². The number of rotatable bonds is 2. The second-order valence-corrected chi connectivity index (χ2v) is 7.96. The van der Waals surface area contributed by atoms with Crippen LogP contribution < -0.4 is 5.32 Å². The Bertz CT molecular complexity index is 1190. The molecule has 3 aromatic rings. The molecule has 2 N–H and O–H groups in total. The molecule has 0 amide bonds. The fraction of sp³-hybridized carbons (Fsp3) is 0.190. The summed E-state index contributed by atoms with van der Waals surface area (Å²) in [6.45, 7) is 0. The Hall–Kier alpha value is -2.83. The fourth-order valence-corrected chi connectivity index (χ4v) is 4.45. The normalized spacial score (nSPS) is 18.3. The molecule has 0 bridgehead atoms. The van der Waals surface area contributed by atoms with Crippen LogP contribution >= 0.6 is 23.2 Å². The van der Waals surface area contributed by atoms with Crippen LogP contribution in [0.1, 0.15) is 30.9 Å². The number of aromatic nitrogens is 3. The molecule has 0 radical (unpaired) electrons. The molecule has 0 saturated heterocycles. The van der Waals surface area contributed by atoms with E-state index in [0.717, 1.165) is 24.1 Å². The molecule has 1 aliphatic heterocycles. The van der Waals surface area contributed by atoms with E-state index in [1.807, 2.05) is 12.1 Å². The van der Waals surface area contributed by atoms with Gasteiger partial charge in [-0.2, -0.15) is 4.98 Å². The van der Waals surface area contributed by atoms with Crippen LogP contribution in [0, 0.1) is 0 Å². The first-order valence-corrected chi connectivity index (χ1v) is 10.0. The number of aromatic hydroxyl groups is 1. The van der Waals surface area contributed by atoms with Crippen LogP contribution in [0.5, 0.6) is 5.75 Å². The molecule has 29 heavy (non-hydrogen) atoms. The number of allylic oxidation sites excluding steroid dienone is 2. The van der Waals surface area contributed by atoms with E-state index in [9.17, 15) is 9.90 Å². The van der Waals surface area contributed by atoms with Gasteiger partial charge in [-0.25, -0.2) is 4.68 Å². The Labute approximate surface area is 176 Å². The number of benzene rings is 2. The largest absolute Gasteiger partial charge is 0.508 e. The van der Waals surface area contributed by atoms with Gasteiger partial charge < -0.3 is 10.4 Å². The quantitative estimate of drug-likeness (QED) is 0.603. The van der Waals surface area contributed by atoms with Gasteiger partial charge in [0.2, 0.25) is 5.95 Å². The van der Waals surface area contributed by atoms with Gasteiger partial charge in [0.25, 0.3) is 0 Å². The van der Waals surface area contributed by atoms with Crippen LogP contribution in [0.25, 0.3) is 11.4 Å². The zero-order chi connectivity index (χ0) is 20.1. The number of fused-ring (bicyclic) bond motifs is 1. The minimum atomic E-state index is -0.489. The van der Waals surface area contributed by atoms with E-state index >= 15 is 0 Å². The highest BCUT2D eigenvalue weighted by Gasteiger charge is 2.37. The molecule has 5 rings (SSSR count). The molecule has 6 nitrogen and oxygen atoms in total. The summed E-state index contributed by atoms with van der Waals surface area (Å²) in [7, 11) is 0. The number of hydrogen-bond acceptors (Lipinski definition) is 5. The van der Waals surface area contributed by atoms with Crippen LogP contribution in [0.4, 0.5) is 5.95 Å². The van der Waals surface area contributed by atoms with Crippen molar-refractivity contribution in [3.05, 3.63) is 69.3 Å². The second-order valence-electron chi connectivity index (χ2n) is 7.12. The highest BCUT2D eigenvalue weighted by Crippen LogP contribution is 2.43. The van der Waals surface area contributed by atoms with Crippen molar-refractivity contribution in [2.24, 2.45) is 0 Å². The van der Waals surface area contributed by atoms with E-state index in [1.165, 1.54) is 0 Å². The molecular weight excluding hydrogens is 411 g/mol. The van der Waals surface area contributed by atoms with Crippen molar-refractivity contribution >= 4 is 34.9 Å². The minimum absolute atomic E-state index is 0.0785. The molecule has 1 aromatic heterocycles. The van der Waals surface area contributed by atoms with E-state index in [1.54, 1.807) is 35.0 Å². The Balaban J connectivity index is 1.71. The number of phenolic OH excluding ortho intramolecular Hbond substituents is 1. The third-order valence-electron chi connectivity index (χ3n) is 5.23. The predicted molar refractivity (Wildman–Crippen MR) is 111 cm³/mol. The second kappa shape index (κ2) is 6.90. The highest BCUT2D eigenvalue weighted by atomic mass is 35.5. The summed E-state index contributed by atoms with van der Waals surface area (Å²) in [5.74, 6) is 1.20. The fourth-order valence-electron chi connectivity index (χ4n) is 3.93. The smallest absolute Gasteiger partial charge is 0.226 e. The topological polar surface area (TPSA) is 80.0 Å². The van der Waals surface area contributed by atoms with Crippen LogP contribution in [0.15, 0.2) is 53.7 Å². The third kappa shape index (κ3) is 3.09. The van der Waals surface area contributed by atoms with Crippen LogP contribution in [-0.4, -0.2) is 25.7 Å². The summed E-state index contributed by atoms with van der Waals surface area (Å²) in [6, 6.07) is 11.5. The van der Waals surface area contributed by atoms with E-state index in [4.69, 9.17) is 23.2 Å². The number of anilines is 1. The summed E-state index contributed by atoms with van der Waals surface area (Å²) in [5, 5.41) is 18.7. The van der Waals surface area contributed by atoms with Crippen molar-refractivity contribution in [1.82, 2.24) is 14.8 Å². The summed E-state index contributed by atoms with van der Waals surface area (Å²) in [4.78, 5) is 17.5. The SMILES string of the molecule is O=C1CCCC2=C1C(c1ccc(Cl)cc1Cl)n1nc(-c3cccc(O)c3)nc1N2. The van der Waals surface area contributed by atoms with E-state index in [0.29, 0.717) is 39.4 Å². The Kier molecular flexibility index (Phi) is 4.33.